The third-order valence-corrected chi connectivity index (χ3v) is 1.28. The topological polar surface area (TPSA) is 91.0 Å². The summed E-state index contributed by atoms with van der Waals surface area (Å²) in [6.45, 7) is 6.57. The molecule has 1 aromatic rings. The molecule has 1 heterocycles. The smallest absolute Gasteiger partial charge is 0.340 e. The molecular weight excluding hydrogens is 184 g/mol. The molecule has 0 aliphatic carbocycles. The van der Waals surface area contributed by atoms with Gasteiger partial charge in [-0.2, -0.15) is 15.0 Å². The molecule has 0 unspecified atom stereocenters. The number of carbonyl (C=O) groups excluding carboxylic acids is 1. The van der Waals surface area contributed by atoms with Gasteiger partial charge in [-0.15, -0.1) is 0 Å². The van der Waals surface area contributed by atoms with E-state index in [2.05, 4.69) is 21.5 Å². The highest BCUT2D eigenvalue weighted by molar-refractivity contribution is 5.88. The summed E-state index contributed by atoms with van der Waals surface area (Å²) in [5, 5.41) is 0. The molecule has 1 aromatic heterocycles. The molecular formula is C8H10N4O2. The van der Waals surface area contributed by atoms with Crippen molar-refractivity contribution in [1.29, 1.82) is 0 Å². The number of nitrogens with zero attached hydrogens (tertiary/aromatic N) is 3. The lowest BCUT2D eigenvalue weighted by Gasteiger charge is -2.02. The summed E-state index contributed by atoms with van der Waals surface area (Å²) in [6.07, 6.45) is 0. The number of esters is 1. The number of aromatic nitrogens is 3. The zero-order chi connectivity index (χ0) is 10.7. The molecule has 0 radical (unpaired) electrons. The number of nitrogens with two attached hydrogens (primary N) is 1. The van der Waals surface area contributed by atoms with Crippen LogP contribution in [0.5, 0.6) is 6.01 Å². The Morgan fingerprint density at radius 1 is 1.43 bits per heavy atom. The predicted molar refractivity (Wildman–Crippen MR) is 49.4 cm³/mol. The highest BCUT2D eigenvalue weighted by Gasteiger charge is 2.09. The van der Waals surface area contributed by atoms with Crippen LogP contribution in [0, 0.1) is 6.92 Å². The summed E-state index contributed by atoms with van der Waals surface area (Å²) in [6, 6.07) is -0.108. The summed E-state index contributed by atoms with van der Waals surface area (Å²) in [7, 11) is 0. The van der Waals surface area contributed by atoms with Crippen LogP contribution in [0.3, 0.4) is 0 Å². The van der Waals surface area contributed by atoms with Gasteiger partial charge in [0.1, 0.15) is 5.82 Å². The Morgan fingerprint density at radius 3 is 2.57 bits per heavy atom. The molecule has 2 N–H and O–H groups in total. The van der Waals surface area contributed by atoms with Crippen molar-refractivity contribution in [3.63, 3.8) is 0 Å². The third kappa shape index (κ3) is 2.51. The fraction of sp³-hybridized carbons (Fsp3) is 0.250. The second-order valence-corrected chi connectivity index (χ2v) is 2.69. The Labute approximate surface area is 80.8 Å². The maximum absolute atomic E-state index is 11.1. The number of hydrogen-bond acceptors (Lipinski definition) is 6. The van der Waals surface area contributed by atoms with E-state index >= 15 is 0 Å². The van der Waals surface area contributed by atoms with Gasteiger partial charge in [0.15, 0.2) is 0 Å². The van der Waals surface area contributed by atoms with E-state index in [0.717, 1.165) is 0 Å². The Morgan fingerprint density at radius 2 is 2.07 bits per heavy atom. The standard InChI is InChI=1S/C8H10N4O2/c1-4(2)6(13)14-8-11-5(3)10-7(9)12-8/h1H2,2-3H3,(H2,9,10,11,12). The first-order valence-electron chi connectivity index (χ1n) is 3.85. The molecule has 0 fully saturated rings. The number of anilines is 1. The molecule has 74 valence electrons. The lowest BCUT2D eigenvalue weighted by Crippen LogP contribution is -2.12. The molecule has 0 spiro atoms. The number of nitrogen functional groups attached to an aromatic ring is 1. The van der Waals surface area contributed by atoms with Crippen LogP contribution in [0.25, 0.3) is 0 Å². The second-order valence-electron chi connectivity index (χ2n) is 2.69. The van der Waals surface area contributed by atoms with Gasteiger partial charge in [0, 0.05) is 5.57 Å². The molecule has 0 bridgehead atoms. The zero-order valence-corrected chi connectivity index (χ0v) is 7.94. The highest BCUT2D eigenvalue weighted by Crippen LogP contribution is 2.06. The Bertz CT molecular complexity index is 369. The van der Waals surface area contributed by atoms with Crippen LogP contribution in [0.4, 0.5) is 5.95 Å². The van der Waals surface area contributed by atoms with Gasteiger partial charge in [0.25, 0.3) is 0 Å². The van der Waals surface area contributed by atoms with Crippen molar-refractivity contribution in [1.82, 2.24) is 15.0 Å². The SMILES string of the molecule is C=C(C)C(=O)Oc1nc(C)nc(N)n1. The van der Waals surface area contributed by atoms with Gasteiger partial charge in [-0.05, 0) is 13.8 Å². The molecule has 0 aliphatic rings. The normalized spacial score (nSPS) is 9.57. The minimum absolute atomic E-state index is 0.0158. The molecule has 0 aromatic carbocycles. The number of ether oxygens (including phenoxy) is 1. The average molecular weight is 194 g/mol. The van der Waals surface area contributed by atoms with Crippen LogP contribution in [-0.2, 0) is 4.79 Å². The van der Waals surface area contributed by atoms with Crippen LogP contribution >= 0.6 is 0 Å². The predicted octanol–water partition coefficient (Wildman–Crippen LogP) is 0.244. The fourth-order valence-electron chi connectivity index (χ4n) is 0.693. The van der Waals surface area contributed by atoms with Gasteiger partial charge in [-0.3, -0.25) is 0 Å². The largest absolute Gasteiger partial charge is 0.387 e. The minimum Gasteiger partial charge on any atom is -0.387 e. The molecule has 0 saturated carbocycles. The molecule has 14 heavy (non-hydrogen) atoms. The van der Waals surface area contributed by atoms with Crippen molar-refractivity contribution in [2.24, 2.45) is 0 Å². The summed E-state index contributed by atoms with van der Waals surface area (Å²) in [5.41, 5.74) is 5.60. The molecule has 0 amide bonds. The van der Waals surface area contributed by atoms with E-state index in [-0.39, 0.29) is 17.5 Å². The van der Waals surface area contributed by atoms with Gasteiger partial charge in [-0.25, -0.2) is 4.79 Å². The van der Waals surface area contributed by atoms with Crippen LogP contribution in [0.1, 0.15) is 12.7 Å². The molecule has 1 rings (SSSR count). The van der Waals surface area contributed by atoms with E-state index in [0.29, 0.717) is 5.82 Å². The first-order chi connectivity index (χ1) is 6.49. The quantitative estimate of drug-likeness (QED) is 0.535. The van der Waals surface area contributed by atoms with Crippen molar-refractivity contribution >= 4 is 11.9 Å². The molecule has 0 atom stereocenters. The monoisotopic (exact) mass is 194 g/mol. The van der Waals surface area contributed by atoms with Gasteiger partial charge in [0.2, 0.25) is 5.95 Å². The maximum atomic E-state index is 11.1. The van der Waals surface area contributed by atoms with Crippen molar-refractivity contribution in [3.05, 3.63) is 18.0 Å². The first kappa shape index (κ1) is 10.1. The van der Waals surface area contributed by atoms with E-state index in [1.165, 1.54) is 6.92 Å². The Hall–Kier alpha value is -1.98. The van der Waals surface area contributed by atoms with Crippen molar-refractivity contribution in [2.75, 3.05) is 5.73 Å². The van der Waals surface area contributed by atoms with E-state index in [9.17, 15) is 4.79 Å². The number of carbonyl (C=O) groups is 1. The number of hydrogen-bond donors (Lipinski definition) is 1. The van der Waals surface area contributed by atoms with Crippen LogP contribution < -0.4 is 10.5 Å². The van der Waals surface area contributed by atoms with Crippen LogP contribution in [0.15, 0.2) is 12.2 Å². The number of rotatable bonds is 2. The van der Waals surface area contributed by atoms with Gasteiger partial charge < -0.3 is 10.5 Å². The maximum Gasteiger partial charge on any atom is 0.340 e. The first-order valence-corrected chi connectivity index (χ1v) is 3.85. The fourth-order valence-corrected chi connectivity index (χ4v) is 0.693. The summed E-state index contributed by atoms with van der Waals surface area (Å²) in [4.78, 5) is 22.2. The Kier molecular flexibility index (Phi) is 2.76. The van der Waals surface area contributed by atoms with Gasteiger partial charge in [0.05, 0.1) is 0 Å². The van der Waals surface area contributed by atoms with Crippen molar-refractivity contribution < 1.29 is 9.53 Å². The molecule has 0 saturated heterocycles. The third-order valence-electron chi connectivity index (χ3n) is 1.28. The average Bonchev–Trinajstić information content (AvgIpc) is 2.01. The molecule has 0 aliphatic heterocycles. The molecule has 6 heteroatoms. The van der Waals surface area contributed by atoms with E-state index in [4.69, 9.17) is 10.5 Å². The van der Waals surface area contributed by atoms with Crippen molar-refractivity contribution in [2.45, 2.75) is 13.8 Å². The summed E-state index contributed by atoms with van der Waals surface area (Å²) in [5.74, 6) is -0.181. The lowest BCUT2D eigenvalue weighted by atomic mass is 10.4. The van der Waals surface area contributed by atoms with E-state index < -0.39 is 5.97 Å². The molecule has 6 nitrogen and oxygen atoms in total. The summed E-state index contributed by atoms with van der Waals surface area (Å²) >= 11 is 0. The van der Waals surface area contributed by atoms with Crippen molar-refractivity contribution in [3.8, 4) is 6.01 Å². The second kappa shape index (κ2) is 3.82. The highest BCUT2D eigenvalue weighted by atomic mass is 16.5. The zero-order valence-electron chi connectivity index (χ0n) is 7.94. The van der Waals surface area contributed by atoms with E-state index in [1.54, 1.807) is 6.92 Å². The van der Waals surface area contributed by atoms with Crippen LogP contribution in [0.2, 0.25) is 0 Å². The van der Waals surface area contributed by atoms with Gasteiger partial charge >= 0.3 is 12.0 Å². The Balaban J connectivity index is 2.87. The van der Waals surface area contributed by atoms with Crippen LogP contribution in [-0.4, -0.2) is 20.9 Å². The lowest BCUT2D eigenvalue weighted by molar-refractivity contribution is -0.130. The van der Waals surface area contributed by atoms with Gasteiger partial charge in [-0.1, -0.05) is 6.58 Å². The summed E-state index contributed by atoms with van der Waals surface area (Å²) < 4.78 is 4.76. The number of aryl methyl sites for hydroxylation is 1. The van der Waals surface area contributed by atoms with E-state index in [1.807, 2.05) is 0 Å². The minimum atomic E-state index is -0.588.